The molecule has 1 saturated heterocycles. The van der Waals surface area contributed by atoms with Crippen LogP contribution in [0.1, 0.15) is 36.5 Å². The number of hydrogen-bond donors (Lipinski definition) is 1. The number of carbonyl (C=O) groups excluding carboxylic acids is 1. The van der Waals surface area contributed by atoms with Gasteiger partial charge in [0.2, 0.25) is 0 Å². The van der Waals surface area contributed by atoms with Crippen molar-refractivity contribution in [1.29, 1.82) is 0 Å². The van der Waals surface area contributed by atoms with Crippen molar-refractivity contribution < 1.29 is 14.5 Å². The zero-order chi connectivity index (χ0) is 16.8. The lowest BCUT2D eigenvalue weighted by atomic mass is 10.0. The van der Waals surface area contributed by atoms with E-state index in [1.54, 1.807) is 0 Å². The van der Waals surface area contributed by atoms with E-state index >= 15 is 0 Å². The van der Waals surface area contributed by atoms with E-state index in [-0.39, 0.29) is 23.2 Å². The molecule has 126 valence electrons. The van der Waals surface area contributed by atoms with Crippen molar-refractivity contribution in [2.45, 2.75) is 32.2 Å². The Morgan fingerprint density at radius 3 is 2.70 bits per heavy atom. The van der Waals surface area contributed by atoms with Gasteiger partial charge in [0.15, 0.2) is 0 Å². The molecule has 1 aromatic rings. The molecule has 0 bridgehead atoms. The van der Waals surface area contributed by atoms with Gasteiger partial charge in [0, 0.05) is 31.3 Å². The third-order valence-corrected chi connectivity index (χ3v) is 4.10. The molecule has 1 N–H and O–H groups in total. The van der Waals surface area contributed by atoms with Gasteiger partial charge in [0.05, 0.1) is 17.6 Å². The topological polar surface area (TPSA) is 84.7 Å². The summed E-state index contributed by atoms with van der Waals surface area (Å²) in [6.45, 7) is 5.16. The second-order valence-corrected chi connectivity index (χ2v) is 5.73. The molecule has 7 heteroatoms. The van der Waals surface area contributed by atoms with Crippen LogP contribution in [-0.4, -0.2) is 48.5 Å². The van der Waals surface area contributed by atoms with Gasteiger partial charge < -0.3 is 15.0 Å². The number of benzene rings is 1. The number of non-ortho nitro benzene ring substituents is 1. The highest BCUT2D eigenvalue weighted by atomic mass is 16.6. The van der Waals surface area contributed by atoms with Crippen molar-refractivity contribution in [3.8, 4) is 5.75 Å². The van der Waals surface area contributed by atoms with Gasteiger partial charge in [-0.3, -0.25) is 14.9 Å². The number of nitrogens with zero attached hydrogens (tertiary/aromatic N) is 2. The van der Waals surface area contributed by atoms with Gasteiger partial charge in [-0.25, -0.2) is 0 Å². The molecule has 1 amide bonds. The number of methoxy groups -OCH3 is 1. The summed E-state index contributed by atoms with van der Waals surface area (Å²) in [5, 5.41) is 13.9. The maximum atomic E-state index is 12.4. The Balaban J connectivity index is 2.03. The first-order valence-corrected chi connectivity index (χ1v) is 7.90. The third kappa shape index (κ3) is 4.41. The summed E-state index contributed by atoms with van der Waals surface area (Å²) in [6, 6.07) is 4.15. The summed E-state index contributed by atoms with van der Waals surface area (Å²) in [5.41, 5.74) is 0.0893. The minimum absolute atomic E-state index is 0.0968. The molecule has 23 heavy (non-hydrogen) atoms. The van der Waals surface area contributed by atoms with Gasteiger partial charge in [-0.1, -0.05) is 6.92 Å². The molecule has 2 rings (SSSR count). The molecule has 1 aliphatic rings. The number of nitro benzene ring substituents is 1. The van der Waals surface area contributed by atoms with E-state index in [0.29, 0.717) is 5.75 Å². The molecule has 0 radical (unpaired) electrons. The molecule has 1 aliphatic heterocycles. The van der Waals surface area contributed by atoms with Crippen LogP contribution in [0.3, 0.4) is 0 Å². The summed E-state index contributed by atoms with van der Waals surface area (Å²) in [7, 11) is 1.45. The molecule has 0 atom stereocenters. The summed E-state index contributed by atoms with van der Waals surface area (Å²) >= 11 is 0. The van der Waals surface area contributed by atoms with Crippen LogP contribution in [0.25, 0.3) is 0 Å². The fourth-order valence-electron chi connectivity index (χ4n) is 2.87. The zero-order valence-corrected chi connectivity index (χ0v) is 13.6. The lowest BCUT2D eigenvalue weighted by Gasteiger charge is -2.32. The maximum Gasteiger partial charge on any atom is 0.270 e. The average molecular weight is 321 g/mol. The molecule has 1 fully saturated rings. The fourth-order valence-corrected chi connectivity index (χ4v) is 2.87. The van der Waals surface area contributed by atoms with E-state index in [9.17, 15) is 14.9 Å². The Kier molecular flexibility index (Phi) is 5.92. The molecule has 1 heterocycles. The van der Waals surface area contributed by atoms with Gasteiger partial charge >= 0.3 is 0 Å². The molecule has 0 unspecified atom stereocenters. The first-order valence-electron chi connectivity index (χ1n) is 7.90. The molecule has 0 spiro atoms. The summed E-state index contributed by atoms with van der Waals surface area (Å²) in [5.74, 6) is 0.0241. The van der Waals surface area contributed by atoms with E-state index in [1.807, 2.05) is 0 Å². The van der Waals surface area contributed by atoms with E-state index < -0.39 is 4.92 Å². The highest BCUT2D eigenvalue weighted by Gasteiger charge is 2.23. The Morgan fingerprint density at radius 2 is 2.13 bits per heavy atom. The van der Waals surface area contributed by atoms with Crippen LogP contribution in [0.2, 0.25) is 0 Å². The summed E-state index contributed by atoms with van der Waals surface area (Å²) in [6.07, 6.45) is 2.91. The molecule has 0 aromatic heterocycles. The van der Waals surface area contributed by atoms with Crippen molar-refractivity contribution in [1.82, 2.24) is 10.2 Å². The smallest absolute Gasteiger partial charge is 0.270 e. The molecular weight excluding hydrogens is 298 g/mol. The molecule has 0 saturated carbocycles. The SMILES string of the molecule is CCCN1CCC(NC(=O)c2cc([N+](=O)[O-])ccc2OC)CC1. The van der Waals surface area contributed by atoms with Crippen molar-refractivity contribution in [2.75, 3.05) is 26.7 Å². The number of nitro groups is 1. The Morgan fingerprint density at radius 1 is 1.43 bits per heavy atom. The van der Waals surface area contributed by atoms with Gasteiger partial charge in [0.1, 0.15) is 5.75 Å². The number of likely N-dealkylation sites (tertiary alicyclic amines) is 1. The van der Waals surface area contributed by atoms with E-state index in [4.69, 9.17) is 4.74 Å². The lowest BCUT2D eigenvalue weighted by molar-refractivity contribution is -0.384. The molecule has 1 aromatic carbocycles. The number of rotatable bonds is 6. The first kappa shape index (κ1) is 17.2. The number of nitrogens with one attached hydrogen (secondary N) is 1. The number of amides is 1. The van der Waals surface area contributed by atoms with Crippen molar-refractivity contribution in [3.63, 3.8) is 0 Å². The largest absolute Gasteiger partial charge is 0.496 e. The summed E-state index contributed by atoms with van der Waals surface area (Å²) in [4.78, 5) is 25.2. The van der Waals surface area contributed by atoms with Crippen LogP contribution in [0.15, 0.2) is 18.2 Å². The zero-order valence-electron chi connectivity index (χ0n) is 13.6. The minimum atomic E-state index is -0.514. The van der Waals surface area contributed by atoms with Crippen molar-refractivity contribution in [3.05, 3.63) is 33.9 Å². The number of ether oxygens (including phenoxy) is 1. The van der Waals surface area contributed by atoms with Crippen LogP contribution in [0.5, 0.6) is 5.75 Å². The number of carbonyl (C=O) groups is 1. The third-order valence-electron chi connectivity index (χ3n) is 4.10. The predicted molar refractivity (Wildman–Crippen MR) is 86.9 cm³/mol. The van der Waals surface area contributed by atoms with Crippen LogP contribution >= 0.6 is 0 Å². The van der Waals surface area contributed by atoms with Crippen LogP contribution in [0.4, 0.5) is 5.69 Å². The minimum Gasteiger partial charge on any atom is -0.496 e. The summed E-state index contributed by atoms with van der Waals surface area (Å²) < 4.78 is 5.15. The van der Waals surface area contributed by atoms with Gasteiger partial charge in [-0.15, -0.1) is 0 Å². The van der Waals surface area contributed by atoms with Crippen molar-refractivity contribution >= 4 is 11.6 Å². The lowest BCUT2D eigenvalue weighted by Crippen LogP contribution is -2.44. The van der Waals surface area contributed by atoms with Gasteiger partial charge in [-0.2, -0.15) is 0 Å². The fraction of sp³-hybridized carbons (Fsp3) is 0.562. The standard InChI is InChI=1S/C16H23N3O4/c1-3-8-18-9-6-12(7-10-18)17-16(20)14-11-13(19(21)22)4-5-15(14)23-2/h4-5,11-12H,3,6-10H2,1-2H3,(H,17,20). The average Bonchev–Trinajstić information content (AvgIpc) is 2.56. The monoisotopic (exact) mass is 321 g/mol. The predicted octanol–water partition coefficient (Wildman–Crippen LogP) is 2.21. The highest BCUT2D eigenvalue weighted by molar-refractivity contribution is 5.97. The Hall–Kier alpha value is -2.15. The van der Waals surface area contributed by atoms with Crippen LogP contribution in [-0.2, 0) is 0 Å². The van der Waals surface area contributed by atoms with E-state index in [2.05, 4.69) is 17.1 Å². The second-order valence-electron chi connectivity index (χ2n) is 5.73. The Labute approximate surface area is 135 Å². The Bertz CT molecular complexity index is 568. The molecular formula is C16H23N3O4. The maximum absolute atomic E-state index is 12.4. The van der Waals surface area contributed by atoms with E-state index in [1.165, 1.54) is 25.3 Å². The first-order chi connectivity index (χ1) is 11.0. The van der Waals surface area contributed by atoms with Crippen LogP contribution in [0, 0.1) is 10.1 Å². The molecule has 0 aliphatic carbocycles. The van der Waals surface area contributed by atoms with Crippen molar-refractivity contribution in [2.24, 2.45) is 0 Å². The quantitative estimate of drug-likeness (QED) is 0.641. The van der Waals surface area contributed by atoms with Crippen LogP contribution < -0.4 is 10.1 Å². The van der Waals surface area contributed by atoms with Gasteiger partial charge in [-0.05, 0) is 31.9 Å². The number of hydrogen-bond acceptors (Lipinski definition) is 5. The highest BCUT2D eigenvalue weighted by Crippen LogP contribution is 2.24. The second kappa shape index (κ2) is 7.92. The molecule has 7 nitrogen and oxygen atoms in total. The normalized spacial score (nSPS) is 16.1. The number of piperidine rings is 1. The van der Waals surface area contributed by atoms with E-state index in [0.717, 1.165) is 38.9 Å². The van der Waals surface area contributed by atoms with Gasteiger partial charge in [0.25, 0.3) is 11.6 Å².